The molecule has 0 unspecified atom stereocenters. The molecule has 17 heavy (non-hydrogen) atoms. The Morgan fingerprint density at radius 3 is 2.88 bits per heavy atom. The second-order valence-electron chi connectivity index (χ2n) is 3.61. The van der Waals surface area contributed by atoms with Crippen molar-refractivity contribution in [1.82, 2.24) is 20.2 Å². The summed E-state index contributed by atoms with van der Waals surface area (Å²) in [5, 5.41) is 13.5. The van der Waals surface area contributed by atoms with E-state index in [4.69, 9.17) is 5.11 Å². The fourth-order valence-corrected chi connectivity index (χ4v) is 1.19. The largest absolute Gasteiger partial charge is 0.480 e. The number of urea groups is 1. The summed E-state index contributed by atoms with van der Waals surface area (Å²) in [5.74, 6) is -1.06. The number of rotatable bonds is 6. The third kappa shape index (κ3) is 5.01. The van der Waals surface area contributed by atoms with Crippen molar-refractivity contribution in [3.63, 3.8) is 0 Å². The number of carboxylic acid groups (broad SMARTS) is 1. The van der Waals surface area contributed by atoms with Gasteiger partial charge in [0.2, 0.25) is 0 Å². The molecular weight excluding hydrogens is 224 g/mol. The summed E-state index contributed by atoms with van der Waals surface area (Å²) in [6.45, 7) is 2.65. The topological polar surface area (TPSA) is 96.3 Å². The van der Waals surface area contributed by atoms with Gasteiger partial charge in [-0.1, -0.05) is 0 Å². The van der Waals surface area contributed by atoms with Gasteiger partial charge in [0.1, 0.15) is 6.04 Å². The monoisotopic (exact) mass is 240 g/mol. The molecule has 94 valence electrons. The normalized spacial score (nSPS) is 11.8. The van der Waals surface area contributed by atoms with Crippen molar-refractivity contribution in [2.24, 2.45) is 0 Å². The number of aryl methyl sites for hydroxylation is 1. The minimum atomic E-state index is -1.06. The third-order valence-electron chi connectivity index (χ3n) is 2.16. The van der Waals surface area contributed by atoms with E-state index in [1.54, 1.807) is 12.5 Å². The van der Waals surface area contributed by atoms with Crippen molar-refractivity contribution in [2.45, 2.75) is 25.9 Å². The standard InChI is InChI=1S/C10H16N4O3/c1-8(9(15)16)13-10(17)12-3-2-5-14-6-4-11-7-14/h4,6-8H,2-3,5H2,1H3,(H,15,16)(H2,12,13,17)/t8-/m1/s1. The van der Waals surface area contributed by atoms with Crippen LogP contribution in [-0.2, 0) is 11.3 Å². The van der Waals surface area contributed by atoms with Crippen molar-refractivity contribution in [3.05, 3.63) is 18.7 Å². The zero-order valence-corrected chi connectivity index (χ0v) is 9.59. The van der Waals surface area contributed by atoms with Crippen LogP contribution in [0, 0.1) is 0 Å². The molecule has 0 aliphatic heterocycles. The summed E-state index contributed by atoms with van der Waals surface area (Å²) in [4.78, 5) is 25.6. The Morgan fingerprint density at radius 1 is 1.53 bits per heavy atom. The molecule has 1 aromatic rings. The predicted octanol–water partition coefficient (Wildman–Crippen LogP) is 0.0455. The van der Waals surface area contributed by atoms with Crippen molar-refractivity contribution in [2.75, 3.05) is 6.54 Å². The second-order valence-corrected chi connectivity index (χ2v) is 3.61. The lowest BCUT2D eigenvalue weighted by Gasteiger charge is -2.10. The first-order chi connectivity index (χ1) is 8.09. The average Bonchev–Trinajstić information content (AvgIpc) is 2.77. The molecule has 0 aliphatic rings. The summed E-state index contributed by atoms with van der Waals surface area (Å²) in [6.07, 6.45) is 5.99. The van der Waals surface area contributed by atoms with Crippen LogP contribution in [0.3, 0.4) is 0 Å². The zero-order chi connectivity index (χ0) is 12.7. The van der Waals surface area contributed by atoms with Crippen molar-refractivity contribution in [1.29, 1.82) is 0 Å². The average molecular weight is 240 g/mol. The molecule has 2 amide bonds. The maximum Gasteiger partial charge on any atom is 0.325 e. The van der Waals surface area contributed by atoms with Gasteiger partial charge in [-0.25, -0.2) is 9.78 Å². The maximum absolute atomic E-state index is 11.2. The number of amides is 2. The summed E-state index contributed by atoms with van der Waals surface area (Å²) >= 11 is 0. The van der Waals surface area contributed by atoms with Gasteiger partial charge in [0.15, 0.2) is 0 Å². The number of carbonyl (C=O) groups excluding carboxylic acids is 1. The fraction of sp³-hybridized carbons (Fsp3) is 0.500. The van der Waals surface area contributed by atoms with E-state index >= 15 is 0 Å². The molecule has 0 aromatic carbocycles. The van der Waals surface area contributed by atoms with Gasteiger partial charge in [-0.3, -0.25) is 4.79 Å². The van der Waals surface area contributed by atoms with E-state index in [9.17, 15) is 9.59 Å². The second kappa shape index (κ2) is 6.51. The van der Waals surface area contributed by atoms with Crippen LogP contribution in [0.15, 0.2) is 18.7 Å². The summed E-state index contributed by atoms with van der Waals surface area (Å²) < 4.78 is 1.90. The lowest BCUT2D eigenvalue weighted by atomic mass is 10.3. The third-order valence-corrected chi connectivity index (χ3v) is 2.16. The number of hydrogen-bond acceptors (Lipinski definition) is 3. The molecule has 0 fully saturated rings. The minimum Gasteiger partial charge on any atom is -0.480 e. The highest BCUT2D eigenvalue weighted by atomic mass is 16.4. The molecule has 0 radical (unpaired) electrons. The van der Waals surface area contributed by atoms with Gasteiger partial charge in [-0.05, 0) is 13.3 Å². The highest BCUT2D eigenvalue weighted by Gasteiger charge is 2.12. The molecule has 3 N–H and O–H groups in total. The Morgan fingerprint density at radius 2 is 2.29 bits per heavy atom. The van der Waals surface area contributed by atoms with Crippen LogP contribution >= 0.6 is 0 Å². The number of aromatic nitrogens is 2. The van der Waals surface area contributed by atoms with Crippen molar-refractivity contribution in [3.8, 4) is 0 Å². The number of hydrogen-bond donors (Lipinski definition) is 3. The number of carbonyl (C=O) groups is 2. The van der Waals surface area contributed by atoms with Gasteiger partial charge in [0, 0.05) is 25.5 Å². The molecule has 0 bridgehead atoms. The van der Waals surface area contributed by atoms with Crippen molar-refractivity contribution >= 4 is 12.0 Å². The highest BCUT2D eigenvalue weighted by Crippen LogP contribution is 1.89. The molecule has 0 saturated heterocycles. The van der Waals surface area contributed by atoms with E-state index in [1.807, 2.05) is 10.8 Å². The van der Waals surface area contributed by atoms with Gasteiger partial charge in [0.05, 0.1) is 6.33 Å². The van der Waals surface area contributed by atoms with E-state index < -0.39 is 18.0 Å². The smallest absolute Gasteiger partial charge is 0.325 e. The SMILES string of the molecule is C[C@@H](NC(=O)NCCCn1ccnc1)C(=O)O. The molecule has 1 aromatic heterocycles. The first-order valence-electron chi connectivity index (χ1n) is 5.32. The molecule has 7 heteroatoms. The quantitative estimate of drug-likeness (QED) is 0.612. The van der Waals surface area contributed by atoms with Crippen LogP contribution < -0.4 is 10.6 Å². The Hall–Kier alpha value is -2.05. The minimum absolute atomic E-state index is 0.467. The Bertz CT molecular complexity index is 364. The molecule has 1 atom stereocenters. The van der Waals surface area contributed by atoms with Crippen LogP contribution in [0.5, 0.6) is 0 Å². The van der Waals surface area contributed by atoms with Crippen LogP contribution in [0.4, 0.5) is 4.79 Å². The van der Waals surface area contributed by atoms with Gasteiger partial charge < -0.3 is 20.3 Å². The van der Waals surface area contributed by atoms with Crippen LogP contribution in [0.1, 0.15) is 13.3 Å². The Balaban J connectivity index is 2.10. The Kier molecular flexibility index (Phi) is 4.99. The van der Waals surface area contributed by atoms with Crippen LogP contribution in [-0.4, -0.2) is 39.2 Å². The van der Waals surface area contributed by atoms with Gasteiger partial charge >= 0.3 is 12.0 Å². The number of aliphatic carboxylic acids is 1. The predicted molar refractivity (Wildman–Crippen MR) is 60.5 cm³/mol. The van der Waals surface area contributed by atoms with Crippen LogP contribution in [0.25, 0.3) is 0 Å². The number of nitrogens with one attached hydrogen (secondary N) is 2. The lowest BCUT2D eigenvalue weighted by molar-refractivity contribution is -0.138. The van der Waals surface area contributed by atoms with E-state index in [0.29, 0.717) is 6.54 Å². The summed E-state index contributed by atoms with van der Waals surface area (Å²) in [7, 11) is 0. The molecule has 1 heterocycles. The van der Waals surface area contributed by atoms with E-state index in [-0.39, 0.29) is 0 Å². The van der Waals surface area contributed by atoms with Gasteiger partial charge in [-0.2, -0.15) is 0 Å². The first-order valence-corrected chi connectivity index (χ1v) is 5.32. The number of nitrogens with zero attached hydrogens (tertiary/aromatic N) is 2. The fourth-order valence-electron chi connectivity index (χ4n) is 1.19. The zero-order valence-electron chi connectivity index (χ0n) is 9.59. The molecular formula is C10H16N4O3. The van der Waals surface area contributed by atoms with E-state index in [2.05, 4.69) is 15.6 Å². The highest BCUT2D eigenvalue weighted by molar-refractivity contribution is 5.82. The van der Waals surface area contributed by atoms with E-state index in [1.165, 1.54) is 6.92 Å². The number of carboxylic acids is 1. The van der Waals surface area contributed by atoms with Crippen LogP contribution in [0.2, 0.25) is 0 Å². The molecule has 1 rings (SSSR count). The lowest BCUT2D eigenvalue weighted by Crippen LogP contribution is -2.44. The van der Waals surface area contributed by atoms with E-state index in [0.717, 1.165) is 13.0 Å². The molecule has 7 nitrogen and oxygen atoms in total. The van der Waals surface area contributed by atoms with Gasteiger partial charge in [-0.15, -0.1) is 0 Å². The summed E-state index contributed by atoms with van der Waals surface area (Å²) in [5.41, 5.74) is 0. The Labute approximate surface area is 98.8 Å². The first kappa shape index (κ1) is 13.0. The molecule has 0 saturated carbocycles. The number of imidazole rings is 1. The summed E-state index contributed by atoms with van der Waals surface area (Å²) in [6, 6.07) is -1.35. The van der Waals surface area contributed by atoms with Gasteiger partial charge in [0.25, 0.3) is 0 Å². The molecule has 0 aliphatic carbocycles. The maximum atomic E-state index is 11.2. The van der Waals surface area contributed by atoms with Crippen molar-refractivity contribution < 1.29 is 14.7 Å². The molecule has 0 spiro atoms.